The average molecular weight is 224 g/mol. The van der Waals surface area contributed by atoms with Gasteiger partial charge in [0.2, 0.25) is 0 Å². The summed E-state index contributed by atoms with van der Waals surface area (Å²) in [5.41, 5.74) is -1.47. The zero-order chi connectivity index (χ0) is 12.1. The molecule has 0 aromatic rings. The van der Waals surface area contributed by atoms with Gasteiger partial charge in [-0.05, 0) is 6.92 Å². The smallest absolute Gasteiger partial charge is 0.0874 e. The van der Waals surface area contributed by atoms with Gasteiger partial charge in [0.1, 0.15) is 0 Å². The highest BCUT2D eigenvalue weighted by atomic mass is 16.3. The Morgan fingerprint density at radius 3 is 1.87 bits per heavy atom. The van der Waals surface area contributed by atoms with Gasteiger partial charge >= 0.3 is 0 Å². The second-order valence-electron chi connectivity index (χ2n) is 4.02. The maximum Gasteiger partial charge on any atom is 0.0874 e. The first-order valence-corrected chi connectivity index (χ1v) is 4.79. The first-order chi connectivity index (χ1) is 6.87. The van der Waals surface area contributed by atoms with E-state index in [2.05, 4.69) is 0 Å². The van der Waals surface area contributed by atoms with Crippen LogP contribution in [0.4, 0.5) is 0 Å². The van der Waals surface area contributed by atoms with Gasteiger partial charge in [0.05, 0.1) is 37.6 Å². The molecule has 0 aromatic carbocycles. The van der Waals surface area contributed by atoms with Gasteiger partial charge in [-0.25, -0.2) is 0 Å². The molecular weight excluding hydrogens is 204 g/mol. The minimum absolute atomic E-state index is 0.189. The van der Waals surface area contributed by atoms with Gasteiger partial charge in [0, 0.05) is 12.3 Å². The van der Waals surface area contributed by atoms with Crippen molar-refractivity contribution >= 4 is 0 Å². The standard InChI is InChI=1S/C9H20O6/c1-9(15,5-12)2-7(13)6(3-10)8(14)4-11/h6-8,10-15H,2-5H2,1H3. The summed E-state index contributed by atoms with van der Waals surface area (Å²) in [5.74, 6) is -0.937. The lowest BCUT2D eigenvalue weighted by molar-refractivity contribution is -0.0851. The third kappa shape index (κ3) is 4.87. The van der Waals surface area contributed by atoms with Crippen molar-refractivity contribution in [2.24, 2.45) is 5.92 Å². The Morgan fingerprint density at radius 1 is 1.00 bits per heavy atom. The summed E-state index contributed by atoms with van der Waals surface area (Å²) in [6, 6.07) is 0. The van der Waals surface area contributed by atoms with E-state index in [1.54, 1.807) is 0 Å². The van der Waals surface area contributed by atoms with Crippen molar-refractivity contribution in [1.82, 2.24) is 0 Å². The second kappa shape index (κ2) is 6.37. The number of aliphatic hydroxyl groups excluding tert-OH is 5. The van der Waals surface area contributed by atoms with E-state index < -0.39 is 43.5 Å². The SMILES string of the molecule is CC(O)(CO)CC(O)C(CO)C(O)CO. The van der Waals surface area contributed by atoms with E-state index in [0.717, 1.165) is 0 Å². The van der Waals surface area contributed by atoms with Crippen LogP contribution in [0.3, 0.4) is 0 Å². The quantitative estimate of drug-likeness (QED) is 0.283. The van der Waals surface area contributed by atoms with Crippen LogP contribution in [0, 0.1) is 5.92 Å². The van der Waals surface area contributed by atoms with Crippen molar-refractivity contribution < 1.29 is 30.6 Å². The van der Waals surface area contributed by atoms with Crippen molar-refractivity contribution in [3.63, 3.8) is 0 Å². The molecule has 4 atom stereocenters. The topological polar surface area (TPSA) is 121 Å². The van der Waals surface area contributed by atoms with Crippen LogP contribution >= 0.6 is 0 Å². The lowest BCUT2D eigenvalue weighted by Gasteiger charge is -2.30. The molecule has 0 aromatic heterocycles. The van der Waals surface area contributed by atoms with Crippen LogP contribution < -0.4 is 0 Å². The van der Waals surface area contributed by atoms with Gasteiger partial charge in [-0.15, -0.1) is 0 Å². The molecule has 4 unspecified atom stereocenters. The largest absolute Gasteiger partial charge is 0.396 e. The summed E-state index contributed by atoms with van der Waals surface area (Å²) in [7, 11) is 0. The van der Waals surface area contributed by atoms with Crippen molar-refractivity contribution in [3.8, 4) is 0 Å². The zero-order valence-corrected chi connectivity index (χ0v) is 8.74. The summed E-state index contributed by atoms with van der Waals surface area (Å²) >= 11 is 0. The fraction of sp³-hybridized carbons (Fsp3) is 1.00. The van der Waals surface area contributed by atoms with Crippen LogP contribution in [-0.4, -0.2) is 68.3 Å². The first kappa shape index (κ1) is 14.8. The Kier molecular flexibility index (Phi) is 6.26. The highest BCUT2D eigenvalue weighted by Gasteiger charge is 2.32. The van der Waals surface area contributed by atoms with Gasteiger partial charge in [-0.1, -0.05) is 0 Å². The molecule has 0 spiro atoms. The van der Waals surface area contributed by atoms with Gasteiger partial charge in [-0.2, -0.15) is 0 Å². The third-order valence-corrected chi connectivity index (χ3v) is 2.38. The Balaban J connectivity index is 4.33. The Labute approximate surface area is 88.4 Å². The molecule has 6 heteroatoms. The molecule has 0 fully saturated rings. The van der Waals surface area contributed by atoms with E-state index in [1.165, 1.54) is 6.92 Å². The van der Waals surface area contributed by atoms with Gasteiger partial charge < -0.3 is 30.6 Å². The Bertz CT molecular complexity index is 172. The van der Waals surface area contributed by atoms with Crippen LogP contribution in [0.25, 0.3) is 0 Å². The molecule has 0 aliphatic heterocycles. The van der Waals surface area contributed by atoms with Gasteiger partial charge in [0.25, 0.3) is 0 Å². The van der Waals surface area contributed by atoms with Crippen molar-refractivity contribution in [2.75, 3.05) is 19.8 Å². The van der Waals surface area contributed by atoms with Crippen LogP contribution in [0.1, 0.15) is 13.3 Å². The molecule has 0 aliphatic carbocycles. The molecule has 0 saturated heterocycles. The summed E-state index contributed by atoms with van der Waals surface area (Å²) in [4.78, 5) is 0. The van der Waals surface area contributed by atoms with E-state index in [4.69, 9.17) is 15.3 Å². The lowest BCUT2D eigenvalue weighted by atomic mass is 9.88. The van der Waals surface area contributed by atoms with E-state index in [1.807, 2.05) is 0 Å². The Morgan fingerprint density at radius 2 is 1.53 bits per heavy atom. The average Bonchev–Trinajstić information content (AvgIpc) is 2.17. The molecule has 0 saturated carbocycles. The fourth-order valence-corrected chi connectivity index (χ4v) is 1.30. The molecule has 0 rings (SSSR count). The van der Waals surface area contributed by atoms with Crippen molar-refractivity contribution in [2.45, 2.75) is 31.2 Å². The molecule has 0 bridgehead atoms. The first-order valence-electron chi connectivity index (χ1n) is 4.79. The van der Waals surface area contributed by atoms with Crippen LogP contribution in [-0.2, 0) is 0 Å². The number of hydrogen-bond donors (Lipinski definition) is 6. The molecule has 0 heterocycles. The molecule has 6 N–H and O–H groups in total. The maximum absolute atomic E-state index is 9.57. The molecule has 15 heavy (non-hydrogen) atoms. The predicted octanol–water partition coefficient (Wildman–Crippen LogP) is -2.56. The van der Waals surface area contributed by atoms with E-state index in [0.29, 0.717) is 0 Å². The van der Waals surface area contributed by atoms with Gasteiger partial charge in [0.15, 0.2) is 0 Å². The number of aliphatic hydroxyl groups is 6. The van der Waals surface area contributed by atoms with E-state index in [-0.39, 0.29) is 6.42 Å². The van der Waals surface area contributed by atoms with Crippen LogP contribution in [0.2, 0.25) is 0 Å². The third-order valence-electron chi connectivity index (χ3n) is 2.38. The summed E-state index contributed by atoms with van der Waals surface area (Å²) in [6.45, 7) is -0.290. The minimum atomic E-state index is -1.47. The second-order valence-corrected chi connectivity index (χ2v) is 4.02. The van der Waals surface area contributed by atoms with E-state index >= 15 is 0 Å². The Hall–Kier alpha value is -0.240. The van der Waals surface area contributed by atoms with Crippen molar-refractivity contribution in [1.29, 1.82) is 0 Å². The molecule has 0 radical (unpaired) electrons. The molecular formula is C9H20O6. The summed E-state index contributed by atoms with van der Waals surface area (Å²) in [6.07, 6.45) is -2.63. The normalized spacial score (nSPS) is 21.8. The van der Waals surface area contributed by atoms with Crippen LogP contribution in [0.5, 0.6) is 0 Å². The minimum Gasteiger partial charge on any atom is -0.396 e. The number of rotatable bonds is 7. The fourth-order valence-electron chi connectivity index (χ4n) is 1.30. The molecule has 6 nitrogen and oxygen atoms in total. The molecule has 0 aliphatic rings. The zero-order valence-electron chi connectivity index (χ0n) is 8.74. The maximum atomic E-state index is 9.57. The monoisotopic (exact) mass is 224 g/mol. The summed E-state index contributed by atoms with van der Waals surface area (Å²) in [5, 5.41) is 54.6. The van der Waals surface area contributed by atoms with Gasteiger partial charge in [-0.3, -0.25) is 0 Å². The highest BCUT2D eigenvalue weighted by Crippen LogP contribution is 2.19. The highest BCUT2D eigenvalue weighted by molar-refractivity contribution is 4.82. The molecule has 92 valence electrons. The predicted molar refractivity (Wildman–Crippen MR) is 52.0 cm³/mol. The van der Waals surface area contributed by atoms with E-state index in [9.17, 15) is 15.3 Å². The van der Waals surface area contributed by atoms with Crippen molar-refractivity contribution in [3.05, 3.63) is 0 Å². The summed E-state index contributed by atoms with van der Waals surface area (Å²) < 4.78 is 0. The lowest BCUT2D eigenvalue weighted by Crippen LogP contribution is -2.42. The molecule has 0 amide bonds. The number of hydrogen-bond acceptors (Lipinski definition) is 6. The van der Waals surface area contributed by atoms with Crippen LogP contribution in [0.15, 0.2) is 0 Å².